The van der Waals surface area contributed by atoms with Crippen LogP contribution in [-0.4, -0.2) is 22.7 Å². The summed E-state index contributed by atoms with van der Waals surface area (Å²) < 4.78 is 37.7. The lowest BCUT2D eigenvalue weighted by Crippen LogP contribution is -2.30. The van der Waals surface area contributed by atoms with Crippen molar-refractivity contribution in [1.29, 1.82) is 0 Å². The molecule has 0 aliphatic carbocycles. The van der Waals surface area contributed by atoms with Gasteiger partial charge >= 0.3 is 6.18 Å². The number of aliphatic hydroxyl groups excluding tert-OH is 1. The molecule has 1 heterocycles. The highest BCUT2D eigenvalue weighted by Crippen LogP contribution is 2.32. The monoisotopic (exact) mass is 282 g/mol. The van der Waals surface area contributed by atoms with E-state index in [1.165, 1.54) is 0 Å². The summed E-state index contributed by atoms with van der Waals surface area (Å²) in [4.78, 5) is 3.76. The van der Waals surface area contributed by atoms with E-state index in [9.17, 15) is 13.2 Å². The first-order valence-corrected chi connectivity index (χ1v) is 5.74. The topological polar surface area (TPSA) is 45.1 Å². The Kier molecular flexibility index (Phi) is 4.81. The first-order chi connectivity index (χ1) is 8.24. The highest BCUT2D eigenvalue weighted by Gasteiger charge is 2.31. The molecular formula is C11H14ClF3N2O. The number of hydrogen-bond donors (Lipinski definition) is 2. The maximum absolute atomic E-state index is 12.6. The summed E-state index contributed by atoms with van der Waals surface area (Å²) in [5.41, 5.74) is -0.870. The molecule has 7 heteroatoms. The molecule has 1 atom stereocenters. The van der Waals surface area contributed by atoms with Gasteiger partial charge in [0, 0.05) is 0 Å². The number of nitrogens with one attached hydrogen (secondary N) is 1. The molecule has 0 saturated heterocycles. The van der Waals surface area contributed by atoms with E-state index in [1.54, 1.807) is 0 Å². The number of hydrogen-bond acceptors (Lipinski definition) is 3. The van der Waals surface area contributed by atoms with Gasteiger partial charge in [-0.25, -0.2) is 4.98 Å². The Morgan fingerprint density at radius 3 is 2.44 bits per heavy atom. The van der Waals surface area contributed by atoms with Gasteiger partial charge in [-0.15, -0.1) is 0 Å². The van der Waals surface area contributed by atoms with Crippen LogP contribution in [0.2, 0.25) is 5.15 Å². The number of nitrogens with zero attached hydrogens (tertiary/aromatic N) is 1. The van der Waals surface area contributed by atoms with E-state index < -0.39 is 11.7 Å². The molecule has 102 valence electrons. The first kappa shape index (κ1) is 15.0. The summed E-state index contributed by atoms with van der Waals surface area (Å²) in [5.74, 6) is 0.0488. The van der Waals surface area contributed by atoms with Crippen LogP contribution < -0.4 is 5.32 Å². The second-order valence-electron chi connectivity index (χ2n) is 4.24. The number of rotatable bonds is 4. The fraction of sp³-hybridized carbons (Fsp3) is 0.545. The standard InChI is InChI=1S/C11H14ClF3N2O/c1-6(2)8(5-18)16-10-4-7(11(13,14)15)3-9(12)17-10/h3-4,6,8,18H,5H2,1-2H3,(H,16,17). The largest absolute Gasteiger partial charge is 0.416 e. The molecule has 0 fully saturated rings. The summed E-state index contributed by atoms with van der Waals surface area (Å²) in [6.45, 7) is 3.47. The van der Waals surface area contributed by atoms with Crippen LogP contribution in [0.5, 0.6) is 0 Å². The van der Waals surface area contributed by atoms with Crippen LogP contribution in [-0.2, 0) is 6.18 Å². The Labute approximate surface area is 108 Å². The Bertz CT molecular complexity index is 410. The lowest BCUT2D eigenvalue weighted by atomic mass is 10.1. The number of pyridine rings is 1. The SMILES string of the molecule is CC(C)C(CO)Nc1cc(C(F)(F)F)cc(Cl)n1. The fourth-order valence-corrected chi connectivity index (χ4v) is 1.56. The van der Waals surface area contributed by atoms with Crippen LogP contribution in [0.15, 0.2) is 12.1 Å². The van der Waals surface area contributed by atoms with E-state index in [0.717, 1.165) is 12.1 Å². The van der Waals surface area contributed by atoms with Crippen molar-refractivity contribution in [3.8, 4) is 0 Å². The molecule has 1 aromatic rings. The van der Waals surface area contributed by atoms with Gasteiger partial charge in [-0.05, 0) is 18.1 Å². The molecule has 3 nitrogen and oxygen atoms in total. The maximum atomic E-state index is 12.6. The lowest BCUT2D eigenvalue weighted by molar-refractivity contribution is -0.137. The maximum Gasteiger partial charge on any atom is 0.416 e. The minimum Gasteiger partial charge on any atom is -0.394 e. The first-order valence-electron chi connectivity index (χ1n) is 5.36. The van der Waals surface area contributed by atoms with Crippen LogP contribution in [0.3, 0.4) is 0 Å². The average Bonchev–Trinajstić information content (AvgIpc) is 2.23. The van der Waals surface area contributed by atoms with Crippen molar-refractivity contribution in [3.05, 3.63) is 22.8 Å². The Morgan fingerprint density at radius 1 is 1.39 bits per heavy atom. The molecule has 0 radical (unpaired) electrons. The zero-order chi connectivity index (χ0) is 13.9. The number of alkyl halides is 3. The third-order valence-electron chi connectivity index (χ3n) is 2.46. The number of halogens is 4. The van der Waals surface area contributed by atoms with Crippen LogP contribution >= 0.6 is 11.6 Å². The minimum absolute atomic E-state index is 0.00238. The van der Waals surface area contributed by atoms with Gasteiger partial charge in [0.05, 0.1) is 18.2 Å². The lowest BCUT2D eigenvalue weighted by Gasteiger charge is -2.21. The molecule has 0 aromatic carbocycles. The van der Waals surface area contributed by atoms with Gasteiger partial charge in [0.2, 0.25) is 0 Å². The third kappa shape index (κ3) is 4.03. The van der Waals surface area contributed by atoms with Gasteiger partial charge < -0.3 is 10.4 Å². The molecule has 18 heavy (non-hydrogen) atoms. The van der Waals surface area contributed by atoms with Crippen LogP contribution in [0, 0.1) is 5.92 Å². The van der Waals surface area contributed by atoms with Crippen LogP contribution in [0.4, 0.5) is 19.0 Å². The summed E-state index contributed by atoms with van der Waals surface area (Å²) in [6, 6.07) is 1.25. The van der Waals surface area contributed by atoms with Gasteiger partial charge in [0.1, 0.15) is 11.0 Å². The molecule has 1 unspecified atom stereocenters. The Hall–Kier alpha value is -1.01. The Morgan fingerprint density at radius 2 is 2.00 bits per heavy atom. The van der Waals surface area contributed by atoms with Gasteiger partial charge in [-0.2, -0.15) is 13.2 Å². The quantitative estimate of drug-likeness (QED) is 0.834. The molecule has 2 N–H and O–H groups in total. The molecule has 0 aliphatic heterocycles. The third-order valence-corrected chi connectivity index (χ3v) is 2.65. The predicted octanol–water partition coefficient (Wildman–Crippen LogP) is 3.18. The fourth-order valence-electron chi connectivity index (χ4n) is 1.35. The van der Waals surface area contributed by atoms with Crippen molar-refractivity contribution in [2.45, 2.75) is 26.1 Å². The van der Waals surface area contributed by atoms with Crippen LogP contribution in [0.1, 0.15) is 19.4 Å². The molecule has 0 spiro atoms. The summed E-state index contributed by atoms with van der Waals surface area (Å²) >= 11 is 5.55. The van der Waals surface area contributed by atoms with Crippen molar-refractivity contribution in [1.82, 2.24) is 4.98 Å². The van der Waals surface area contributed by atoms with Crippen molar-refractivity contribution in [2.24, 2.45) is 5.92 Å². The number of aliphatic hydroxyl groups is 1. The van der Waals surface area contributed by atoms with E-state index in [1.807, 2.05) is 13.8 Å². The zero-order valence-electron chi connectivity index (χ0n) is 9.92. The highest BCUT2D eigenvalue weighted by atomic mass is 35.5. The van der Waals surface area contributed by atoms with Crippen molar-refractivity contribution in [3.63, 3.8) is 0 Å². The molecule has 1 rings (SSSR count). The second kappa shape index (κ2) is 5.75. The summed E-state index contributed by atoms with van der Waals surface area (Å²) in [7, 11) is 0. The van der Waals surface area contributed by atoms with E-state index in [0.29, 0.717) is 0 Å². The number of anilines is 1. The van der Waals surface area contributed by atoms with E-state index in [-0.39, 0.29) is 29.5 Å². The van der Waals surface area contributed by atoms with E-state index in [4.69, 9.17) is 16.7 Å². The molecular weight excluding hydrogens is 269 g/mol. The highest BCUT2D eigenvalue weighted by molar-refractivity contribution is 6.29. The van der Waals surface area contributed by atoms with Gasteiger partial charge in [0.25, 0.3) is 0 Å². The van der Waals surface area contributed by atoms with Crippen LogP contribution in [0.25, 0.3) is 0 Å². The number of aromatic nitrogens is 1. The Balaban J connectivity index is 3.00. The smallest absolute Gasteiger partial charge is 0.394 e. The average molecular weight is 283 g/mol. The molecule has 0 amide bonds. The normalized spacial score (nSPS) is 13.8. The van der Waals surface area contributed by atoms with Crippen molar-refractivity contribution in [2.75, 3.05) is 11.9 Å². The summed E-state index contributed by atoms with van der Waals surface area (Å²) in [6.07, 6.45) is -4.48. The molecule has 1 aromatic heterocycles. The zero-order valence-corrected chi connectivity index (χ0v) is 10.7. The minimum atomic E-state index is -4.48. The predicted molar refractivity (Wildman–Crippen MR) is 63.6 cm³/mol. The van der Waals surface area contributed by atoms with Crippen molar-refractivity contribution >= 4 is 17.4 Å². The van der Waals surface area contributed by atoms with Gasteiger partial charge in [0.15, 0.2) is 0 Å². The molecule has 0 bridgehead atoms. The summed E-state index contributed by atoms with van der Waals surface area (Å²) in [5, 5.41) is 11.6. The second-order valence-corrected chi connectivity index (χ2v) is 4.63. The van der Waals surface area contributed by atoms with E-state index >= 15 is 0 Å². The van der Waals surface area contributed by atoms with E-state index in [2.05, 4.69) is 10.3 Å². The van der Waals surface area contributed by atoms with Crippen molar-refractivity contribution < 1.29 is 18.3 Å². The molecule has 0 aliphatic rings. The van der Waals surface area contributed by atoms with Gasteiger partial charge in [-0.1, -0.05) is 25.4 Å². The molecule has 0 saturated carbocycles. The van der Waals surface area contributed by atoms with Gasteiger partial charge in [-0.3, -0.25) is 0 Å².